The highest BCUT2D eigenvalue weighted by molar-refractivity contribution is 5.58. The zero-order valence-corrected chi connectivity index (χ0v) is 11.4. The van der Waals surface area contributed by atoms with Crippen molar-refractivity contribution >= 4 is 11.4 Å². The zero-order chi connectivity index (χ0) is 14.0. The van der Waals surface area contributed by atoms with Crippen molar-refractivity contribution in [3.05, 3.63) is 23.8 Å². The van der Waals surface area contributed by atoms with Gasteiger partial charge in [-0.25, -0.2) is 8.78 Å². The second-order valence-corrected chi connectivity index (χ2v) is 5.47. The lowest BCUT2D eigenvalue weighted by molar-refractivity contribution is 0.0737. The van der Waals surface area contributed by atoms with Crippen LogP contribution in [0.1, 0.15) is 31.3 Å². The zero-order valence-electron chi connectivity index (χ0n) is 11.4. The third-order valence-electron chi connectivity index (χ3n) is 4.15. The van der Waals surface area contributed by atoms with E-state index in [4.69, 9.17) is 5.73 Å². The number of nitrogens with zero attached hydrogens (tertiary/aromatic N) is 1. The van der Waals surface area contributed by atoms with Gasteiger partial charge in [-0.2, -0.15) is 0 Å². The van der Waals surface area contributed by atoms with Crippen LogP contribution < -0.4 is 11.1 Å². The maximum absolute atomic E-state index is 13.0. The normalized spacial score (nSPS) is 17.6. The van der Waals surface area contributed by atoms with Gasteiger partial charge in [0.2, 0.25) is 0 Å². The Bertz CT molecular complexity index is 442. The quantitative estimate of drug-likeness (QED) is 0.807. The summed E-state index contributed by atoms with van der Waals surface area (Å²) >= 11 is 0. The summed E-state index contributed by atoms with van der Waals surface area (Å²) in [7, 11) is 4.08. The lowest BCUT2D eigenvalue weighted by atomic mass is 9.75. The fourth-order valence-electron chi connectivity index (χ4n) is 2.55. The van der Waals surface area contributed by atoms with Gasteiger partial charge in [0.05, 0.1) is 0 Å². The van der Waals surface area contributed by atoms with E-state index in [9.17, 15) is 8.78 Å². The summed E-state index contributed by atoms with van der Waals surface area (Å²) in [6.07, 6.45) is 0.893. The molecule has 1 fully saturated rings. The van der Waals surface area contributed by atoms with E-state index < -0.39 is 6.43 Å². The van der Waals surface area contributed by atoms with Crippen molar-refractivity contribution in [3.63, 3.8) is 0 Å². The van der Waals surface area contributed by atoms with Gasteiger partial charge in [-0.05, 0) is 51.6 Å². The van der Waals surface area contributed by atoms with E-state index in [1.165, 1.54) is 12.5 Å². The van der Waals surface area contributed by atoms with Crippen molar-refractivity contribution in [2.24, 2.45) is 0 Å². The highest BCUT2D eigenvalue weighted by atomic mass is 19.3. The molecular weight excluding hydrogens is 248 g/mol. The summed E-state index contributed by atoms with van der Waals surface area (Å²) in [5.74, 6) is 0. The Balaban J connectivity index is 2.11. The third kappa shape index (κ3) is 2.81. The van der Waals surface area contributed by atoms with E-state index in [1.54, 1.807) is 12.1 Å². The Morgan fingerprint density at radius 2 is 2.05 bits per heavy atom. The van der Waals surface area contributed by atoms with Gasteiger partial charge in [0.1, 0.15) is 0 Å². The highest BCUT2D eigenvalue weighted by Crippen LogP contribution is 2.37. The monoisotopic (exact) mass is 269 g/mol. The number of nitrogen functional groups attached to an aromatic ring is 1. The maximum atomic E-state index is 13.0. The number of benzene rings is 1. The van der Waals surface area contributed by atoms with Crippen molar-refractivity contribution in [1.82, 2.24) is 4.90 Å². The molecule has 2 rings (SSSR count). The van der Waals surface area contributed by atoms with Crippen LogP contribution in [0.25, 0.3) is 0 Å². The van der Waals surface area contributed by atoms with E-state index in [0.29, 0.717) is 17.9 Å². The van der Waals surface area contributed by atoms with Gasteiger partial charge in [-0.3, -0.25) is 0 Å². The summed E-state index contributed by atoms with van der Waals surface area (Å²) in [6, 6.07) is 4.63. The SMILES string of the molecule is CN(C)C1(CNc2ccc(N)cc2C(F)F)CCC1. The van der Waals surface area contributed by atoms with Gasteiger partial charge in [-0.1, -0.05) is 0 Å². The van der Waals surface area contributed by atoms with Crippen LogP contribution in [-0.2, 0) is 0 Å². The molecule has 0 atom stereocenters. The first kappa shape index (κ1) is 14.1. The number of nitrogens with one attached hydrogen (secondary N) is 1. The molecule has 0 heterocycles. The molecule has 0 bridgehead atoms. The fourth-order valence-corrected chi connectivity index (χ4v) is 2.55. The Morgan fingerprint density at radius 1 is 1.37 bits per heavy atom. The molecule has 3 N–H and O–H groups in total. The lowest BCUT2D eigenvalue weighted by Crippen LogP contribution is -2.54. The Hall–Kier alpha value is -1.36. The molecular formula is C14H21F2N3. The number of nitrogens with two attached hydrogens (primary N) is 1. The van der Waals surface area contributed by atoms with Crippen LogP contribution >= 0.6 is 0 Å². The number of hydrogen-bond donors (Lipinski definition) is 2. The Kier molecular flexibility index (Phi) is 3.94. The molecule has 0 radical (unpaired) electrons. The number of likely N-dealkylation sites (N-methyl/N-ethyl adjacent to an activating group) is 1. The minimum absolute atomic E-state index is 0.0202. The number of halogens is 2. The first-order valence-corrected chi connectivity index (χ1v) is 6.53. The van der Waals surface area contributed by atoms with Gasteiger partial charge in [0, 0.05) is 29.0 Å². The van der Waals surface area contributed by atoms with Crippen molar-refractivity contribution in [2.45, 2.75) is 31.2 Å². The molecule has 1 aromatic carbocycles. The lowest BCUT2D eigenvalue weighted by Gasteiger charge is -2.47. The average molecular weight is 269 g/mol. The molecule has 19 heavy (non-hydrogen) atoms. The standard InChI is InChI=1S/C14H21F2N3/c1-19(2)14(6-3-7-14)9-18-12-5-4-10(17)8-11(12)13(15)16/h4-5,8,13,18H,3,6-7,9,17H2,1-2H3. The van der Waals surface area contributed by atoms with Crippen molar-refractivity contribution in [1.29, 1.82) is 0 Å². The smallest absolute Gasteiger partial charge is 0.265 e. The average Bonchev–Trinajstić information content (AvgIpc) is 2.28. The van der Waals surface area contributed by atoms with Crippen molar-refractivity contribution in [2.75, 3.05) is 31.7 Å². The van der Waals surface area contributed by atoms with E-state index in [2.05, 4.69) is 10.2 Å². The molecule has 0 unspecified atom stereocenters. The molecule has 0 spiro atoms. The Morgan fingerprint density at radius 3 is 2.53 bits per heavy atom. The fraction of sp³-hybridized carbons (Fsp3) is 0.571. The van der Waals surface area contributed by atoms with Gasteiger partial charge in [0.15, 0.2) is 0 Å². The van der Waals surface area contributed by atoms with Gasteiger partial charge in [-0.15, -0.1) is 0 Å². The van der Waals surface area contributed by atoms with Crippen LogP contribution in [0.15, 0.2) is 18.2 Å². The topological polar surface area (TPSA) is 41.3 Å². The van der Waals surface area contributed by atoms with Crippen LogP contribution in [0, 0.1) is 0 Å². The summed E-state index contributed by atoms with van der Waals surface area (Å²) in [5, 5.41) is 3.17. The van der Waals surface area contributed by atoms with E-state index in [0.717, 1.165) is 12.8 Å². The molecule has 5 heteroatoms. The number of hydrogen-bond acceptors (Lipinski definition) is 3. The summed E-state index contributed by atoms with van der Waals surface area (Å²) in [5.41, 5.74) is 6.49. The second kappa shape index (κ2) is 5.33. The molecule has 0 aliphatic heterocycles. The van der Waals surface area contributed by atoms with Crippen LogP contribution in [0.5, 0.6) is 0 Å². The number of alkyl halides is 2. The summed E-state index contributed by atoms with van der Waals surface area (Å²) in [4.78, 5) is 2.18. The molecule has 1 aliphatic carbocycles. The number of anilines is 2. The molecule has 1 aromatic rings. The van der Waals surface area contributed by atoms with Crippen LogP contribution in [0.4, 0.5) is 20.2 Å². The first-order valence-electron chi connectivity index (χ1n) is 6.53. The highest BCUT2D eigenvalue weighted by Gasteiger charge is 2.38. The minimum atomic E-state index is -2.51. The first-order chi connectivity index (χ1) is 8.94. The minimum Gasteiger partial charge on any atom is -0.399 e. The van der Waals surface area contributed by atoms with Gasteiger partial charge in [0.25, 0.3) is 6.43 Å². The van der Waals surface area contributed by atoms with Crippen LogP contribution in [0.2, 0.25) is 0 Å². The molecule has 0 amide bonds. The second-order valence-electron chi connectivity index (χ2n) is 5.47. The molecule has 1 aliphatic rings. The van der Waals surface area contributed by atoms with Crippen molar-refractivity contribution < 1.29 is 8.78 Å². The molecule has 0 aromatic heterocycles. The van der Waals surface area contributed by atoms with Crippen LogP contribution in [-0.4, -0.2) is 31.1 Å². The largest absolute Gasteiger partial charge is 0.399 e. The van der Waals surface area contributed by atoms with Crippen LogP contribution in [0.3, 0.4) is 0 Å². The van der Waals surface area contributed by atoms with E-state index >= 15 is 0 Å². The van der Waals surface area contributed by atoms with Gasteiger partial charge < -0.3 is 16.0 Å². The molecule has 106 valence electrons. The third-order valence-corrected chi connectivity index (χ3v) is 4.15. The predicted octanol–water partition coefficient (Wildman–Crippen LogP) is 3.10. The van der Waals surface area contributed by atoms with Gasteiger partial charge >= 0.3 is 0 Å². The Labute approximate surface area is 112 Å². The van der Waals surface area contributed by atoms with Crippen molar-refractivity contribution in [3.8, 4) is 0 Å². The van der Waals surface area contributed by atoms with E-state index in [1.807, 2.05) is 14.1 Å². The molecule has 0 saturated heterocycles. The maximum Gasteiger partial charge on any atom is 0.265 e. The predicted molar refractivity (Wildman–Crippen MR) is 74.6 cm³/mol. The summed E-state index contributed by atoms with van der Waals surface area (Å²) in [6.45, 7) is 0.684. The molecule has 3 nitrogen and oxygen atoms in total. The van der Waals surface area contributed by atoms with E-state index in [-0.39, 0.29) is 11.1 Å². The summed E-state index contributed by atoms with van der Waals surface area (Å²) < 4.78 is 26.0. The number of rotatable bonds is 5. The molecule has 1 saturated carbocycles.